The minimum Gasteiger partial charge on any atom is -0.172 e. The third-order valence-corrected chi connectivity index (χ3v) is 13.8. The Hall–Kier alpha value is -3.64. The Morgan fingerprint density at radius 1 is 0.558 bits per heavy atom. The fourth-order valence-corrected chi connectivity index (χ4v) is 10.7. The van der Waals surface area contributed by atoms with E-state index in [0.717, 1.165) is 22.2 Å². The number of fused-ring (bicyclic) bond motifs is 4. The van der Waals surface area contributed by atoms with Crippen LogP contribution in [0, 0.1) is 0 Å². The highest BCUT2D eigenvalue weighted by Gasteiger charge is 2.42. The van der Waals surface area contributed by atoms with E-state index in [1.54, 1.807) is 22.5 Å². The molecule has 0 saturated carbocycles. The summed E-state index contributed by atoms with van der Waals surface area (Å²) >= 11 is 4.87. The maximum absolute atomic E-state index is 4.76. The number of hydrogen-bond donors (Lipinski definition) is 0. The first kappa shape index (κ1) is 36.7. The summed E-state index contributed by atoms with van der Waals surface area (Å²) in [7, 11) is 0. The topological polar surface area (TPSA) is 25.8 Å². The van der Waals surface area contributed by atoms with Gasteiger partial charge in [0.15, 0.2) is 0 Å². The van der Waals surface area contributed by atoms with E-state index in [-0.39, 0.29) is 5.41 Å². The number of unbranched alkanes of at least 4 members (excludes halogenated alkanes) is 10. The van der Waals surface area contributed by atoms with Crippen LogP contribution in [0.1, 0.15) is 130 Å². The van der Waals surface area contributed by atoms with E-state index < -0.39 is 0 Å². The summed E-state index contributed by atoms with van der Waals surface area (Å²) in [6.07, 6.45) is 25.1. The SMILES string of the molecule is C=Cc1ccc(-c2ccc(-c3ccc(/C=C/c4ccc5c(c4)C(CCCCCCCC)(CCCCCCCC)c4ccccc4-5)s3)c3nsnc23)s1. The monoisotopic (exact) mass is 740 g/mol. The van der Waals surface area contributed by atoms with Gasteiger partial charge in [-0.15, -0.1) is 22.7 Å². The van der Waals surface area contributed by atoms with Crippen molar-refractivity contribution in [3.63, 3.8) is 0 Å². The molecule has 3 heterocycles. The lowest BCUT2D eigenvalue weighted by Gasteiger charge is -2.33. The zero-order chi connectivity index (χ0) is 35.8. The van der Waals surface area contributed by atoms with Crippen LogP contribution >= 0.6 is 34.4 Å². The molecular formula is C47H52N2S3. The fourth-order valence-electron chi connectivity index (χ4n) is 8.29. The molecule has 3 aromatic carbocycles. The average Bonchev–Trinajstić information content (AvgIpc) is 4.00. The van der Waals surface area contributed by atoms with E-state index in [4.69, 9.17) is 8.75 Å². The quantitative estimate of drug-likeness (QED) is 0.0773. The molecule has 52 heavy (non-hydrogen) atoms. The van der Waals surface area contributed by atoms with Gasteiger partial charge < -0.3 is 0 Å². The predicted molar refractivity (Wildman–Crippen MR) is 232 cm³/mol. The summed E-state index contributed by atoms with van der Waals surface area (Å²) in [5.41, 5.74) is 11.7. The molecule has 0 saturated heterocycles. The third-order valence-electron chi connectivity index (χ3n) is 11.0. The Labute approximate surface area is 323 Å². The first-order valence-corrected chi connectivity index (χ1v) is 22.0. The minimum absolute atomic E-state index is 0.108. The highest BCUT2D eigenvalue weighted by atomic mass is 32.1. The molecule has 0 aliphatic heterocycles. The third kappa shape index (κ3) is 7.83. The highest BCUT2D eigenvalue weighted by molar-refractivity contribution is 7.17. The molecule has 6 aromatic rings. The number of hydrogen-bond acceptors (Lipinski definition) is 5. The Morgan fingerprint density at radius 2 is 1.12 bits per heavy atom. The van der Waals surface area contributed by atoms with Crippen molar-refractivity contribution < 1.29 is 0 Å². The van der Waals surface area contributed by atoms with Gasteiger partial charge in [0, 0.05) is 36.1 Å². The second-order valence-electron chi connectivity index (χ2n) is 14.5. The van der Waals surface area contributed by atoms with Crippen LogP contribution in [0.25, 0.3) is 61.3 Å². The van der Waals surface area contributed by atoms with Gasteiger partial charge in [0.1, 0.15) is 11.0 Å². The molecule has 0 N–H and O–H groups in total. The van der Waals surface area contributed by atoms with Crippen molar-refractivity contribution >= 4 is 63.7 Å². The van der Waals surface area contributed by atoms with Gasteiger partial charge in [0.05, 0.1) is 11.7 Å². The van der Waals surface area contributed by atoms with Gasteiger partial charge in [-0.2, -0.15) is 8.75 Å². The van der Waals surface area contributed by atoms with Crippen LogP contribution in [0.5, 0.6) is 0 Å². The number of nitrogens with zero attached hydrogens (tertiary/aromatic N) is 2. The first-order chi connectivity index (χ1) is 25.6. The molecule has 0 unspecified atom stereocenters. The molecule has 0 amide bonds. The van der Waals surface area contributed by atoms with Crippen LogP contribution in [-0.2, 0) is 5.41 Å². The molecule has 3 aromatic heterocycles. The van der Waals surface area contributed by atoms with Gasteiger partial charge in [-0.3, -0.25) is 0 Å². The Morgan fingerprint density at radius 3 is 1.75 bits per heavy atom. The van der Waals surface area contributed by atoms with Gasteiger partial charge >= 0.3 is 0 Å². The molecule has 0 fully saturated rings. The van der Waals surface area contributed by atoms with Crippen LogP contribution in [0.4, 0.5) is 0 Å². The summed E-state index contributed by atoms with van der Waals surface area (Å²) in [6, 6.07) is 29.8. The summed E-state index contributed by atoms with van der Waals surface area (Å²) in [5, 5.41) is 0. The van der Waals surface area contributed by atoms with E-state index in [1.165, 1.54) is 138 Å². The summed E-state index contributed by atoms with van der Waals surface area (Å²) in [5.74, 6) is 0. The Balaban J connectivity index is 1.15. The van der Waals surface area contributed by atoms with E-state index in [2.05, 4.69) is 111 Å². The zero-order valence-electron chi connectivity index (χ0n) is 31.0. The lowest BCUT2D eigenvalue weighted by molar-refractivity contribution is 0.398. The van der Waals surface area contributed by atoms with E-state index >= 15 is 0 Å². The molecular weight excluding hydrogens is 689 g/mol. The molecule has 0 radical (unpaired) electrons. The maximum atomic E-state index is 4.76. The smallest absolute Gasteiger partial charge is 0.114 e. The Bertz CT molecular complexity index is 2110. The largest absolute Gasteiger partial charge is 0.172 e. The number of benzene rings is 3. The second-order valence-corrected chi connectivity index (χ2v) is 17.3. The molecule has 0 bridgehead atoms. The van der Waals surface area contributed by atoms with Crippen LogP contribution < -0.4 is 0 Å². The average molecular weight is 741 g/mol. The molecule has 268 valence electrons. The van der Waals surface area contributed by atoms with Crippen molar-refractivity contribution in [2.45, 2.75) is 109 Å². The van der Waals surface area contributed by atoms with Crippen molar-refractivity contribution in [3.8, 4) is 32.0 Å². The molecule has 0 spiro atoms. The summed E-state index contributed by atoms with van der Waals surface area (Å²) in [4.78, 5) is 4.84. The van der Waals surface area contributed by atoms with E-state index in [0.29, 0.717) is 0 Å². The van der Waals surface area contributed by atoms with Gasteiger partial charge in [-0.1, -0.05) is 164 Å². The lowest BCUT2D eigenvalue weighted by atomic mass is 9.70. The number of thiophene rings is 2. The normalized spacial score (nSPS) is 13.3. The van der Waals surface area contributed by atoms with Crippen molar-refractivity contribution in [2.24, 2.45) is 0 Å². The molecule has 1 aliphatic carbocycles. The first-order valence-electron chi connectivity index (χ1n) is 19.7. The summed E-state index contributed by atoms with van der Waals surface area (Å²) < 4.78 is 9.48. The Kier molecular flexibility index (Phi) is 12.3. The van der Waals surface area contributed by atoms with Crippen LogP contribution in [0.2, 0.25) is 0 Å². The molecule has 1 aliphatic rings. The number of aromatic nitrogens is 2. The maximum Gasteiger partial charge on any atom is 0.114 e. The van der Waals surface area contributed by atoms with Crippen molar-refractivity contribution in [1.29, 1.82) is 0 Å². The van der Waals surface area contributed by atoms with Gasteiger partial charge in [0.2, 0.25) is 0 Å². The molecule has 0 atom stereocenters. The van der Waals surface area contributed by atoms with Crippen molar-refractivity contribution in [3.05, 3.63) is 112 Å². The van der Waals surface area contributed by atoms with Gasteiger partial charge in [-0.05, 0) is 71.0 Å². The number of rotatable bonds is 19. The molecule has 5 heteroatoms. The van der Waals surface area contributed by atoms with Crippen molar-refractivity contribution in [2.75, 3.05) is 0 Å². The molecule has 2 nitrogen and oxygen atoms in total. The molecule has 7 rings (SSSR count). The van der Waals surface area contributed by atoms with Gasteiger partial charge in [0.25, 0.3) is 0 Å². The standard InChI is InChI=1S/C47H52N2S3/c1-4-7-9-11-13-17-31-47(32-18-14-12-10-8-5-2)41-20-16-15-19-37(41)38-26-22-34(33-42(38)47)21-23-36-25-30-44(51-36)40-28-27-39(45-46(40)49-52-48-45)43-29-24-35(6-3)50-43/h6,15-16,19-30,33H,3-5,7-14,17-18,31-32H2,1-2H3/b23-21+. The van der Waals surface area contributed by atoms with Crippen molar-refractivity contribution in [1.82, 2.24) is 8.75 Å². The van der Waals surface area contributed by atoms with E-state index in [9.17, 15) is 0 Å². The van der Waals surface area contributed by atoms with Crippen LogP contribution in [0.3, 0.4) is 0 Å². The highest BCUT2D eigenvalue weighted by Crippen LogP contribution is 2.54. The van der Waals surface area contributed by atoms with Crippen LogP contribution in [-0.4, -0.2) is 8.75 Å². The van der Waals surface area contributed by atoms with Gasteiger partial charge in [-0.25, -0.2) is 0 Å². The fraction of sp³-hybridized carbons (Fsp3) is 0.362. The summed E-state index contributed by atoms with van der Waals surface area (Å²) in [6.45, 7) is 8.56. The van der Waals surface area contributed by atoms with Crippen LogP contribution in [0.15, 0.2) is 85.4 Å². The predicted octanol–water partition coefficient (Wildman–Crippen LogP) is 15.7. The van der Waals surface area contributed by atoms with E-state index in [1.807, 2.05) is 17.4 Å². The minimum atomic E-state index is 0.108. The zero-order valence-corrected chi connectivity index (χ0v) is 33.4. The lowest BCUT2D eigenvalue weighted by Crippen LogP contribution is -2.25. The second kappa shape index (κ2) is 17.5.